The Labute approximate surface area is 147 Å². The largest absolute Gasteiger partial charge is 0.339 e. The molecular formula is C18H25N3O2S. The normalized spacial score (nSPS) is 20.7. The molecule has 1 saturated heterocycles. The van der Waals surface area contributed by atoms with Gasteiger partial charge in [-0.05, 0) is 18.1 Å². The maximum atomic E-state index is 12.6. The Kier molecular flexibility index (Phi) is 5.33. The molecule has 1 atom stereocenters. The van der Waals surface area contributed by atoms with Gasteiger partial charge < -0.3 is 15.1 Å². The van der Waals surface area contributed by atoms with E-state index in [1.165, 1.54) is 10.5 Å². The smallest absolute Gasteiger partial charge is 0.318 e. The van der Waals surface area contributed by atoms with Gasteiger partial charge in [0.1, 0.15) is 0 Å². The highest BCUT2D eigenvalue weighted by atomic mass is 32.2. The number of carbonyl (C=O) groups excluding carboxylic acids is 2. The van der Waals surface area contributed by atoms with Crippen LogP contribution >= 0.6 is 11.8 Å². The molecule has 1 fully saturated rings. The molecule has 2 heterocycles. The van der Waals surface area contributed by atoms with E-state index in [-0.39, 0.29) is 23.9 Å². The van der Waals surface area contributed by atoms with Crippen LogP contribution in [0.4, 0.5) is 4.79 Å². The summed E-state index contributed by atoms with van der Waals surface area (Å²) >= 11 is 1.85. The van der Waals surface area contributed by atoms with Crippen molar-refractivity contribution >= 4 is 23.7 Å². The first-order chi connectivity index (χ1) is 11.6. The van der Waals surface area contributed by atoms with Gasteiger partial charge in [-0.3, -0.25) is 4.79 Å². The molecule has 2 aliphatic heterocycles. The summed E-state index contributed by atoms with van der Waals surface area (Å²) < 4.78 is 0. The minimum absolute atomic E-state index is 0.0154. The number of nitrogens with one attached hydrogen (secondary N) is 1. The van der Waals surface area contributed by atoms with Gasteiger partial charge in [-0.1, -0.05) is 32.0 Å². The molecule has 1 unspecified atom stereocenters. The fraction of sp³-hybridized carbons (Fsp3) is 0.556. The molecule has 6 heteroatoms. The number of piperazine rings is 1. The van der Waals surface area contributed by atoms with Crippen molar-refractivity contribution in [2.24, 2.45) is 5.92 Å². The van der Waals surface area contributed by atoms with Crippen molar-refractivity contribution in [3.8, 4) is 0 Å². The van der Waals surface area contributed by atoms with Crippen LogP contribution in [0, 0.1) is 5.92 Å². The van der Waals surface area contributed by atoms with Gasteiger partial charge in [0.2, 0.25) is 5.91 Å². The average molecular weight is 347 g/mol. The number of fused-ring (bicyclic) bond motifs is 1. The van der Waals surface area contributed by atoms with E-state index in [9.17, 15) is 9.59 Å². The van der Waals surface area contributed by atoms with E-state index in [1.807, 2.05) is 47.5 Å². The number of rotatable bonds is 2. The predicted octanol–water partition coefficient (Wildman–Crippen LogP) is 2.73. The minimum atomic E-state index is -0.0154. The van der Waals surface area contributed by atoms with Crippen molar-refractivity contribution in [1.29, 1.82) is 0 Å². The van der Waals surface area contributed by atoms with Gasteiger partial charge in [0, 0.05) is 42.7 Å². The lowest BCUT2D eigenvalue weighted by Gasteiger charge is -2.36. The number of hydrogen-bond donors (Lipinski definition) is 1. The standard InChI is InChI=1S/C18H25N3O2S/c1-13(2)17(22)20-8-10-21(11-9-20)18(23)19-15-7-12-24-16-6-4-3-5-14(15)16/h3-6,13,15H,7-12H2,1-2H3,(H,19,23). The van der Waals surface area contributed by atoms with Gasteiger partial charge in [-0.2, -0.15) is 0 Å². The van der Waals surface area contributed by atoms with Crippen LogP contribution in [0.15, 0.2) is 29.2 Å². The summed E-state index contributed by atoms with van der Waals surface area (Å²) in [6.07, 6.45) is 0.958. The second-order valence-corrected chi connectivity index (χ2v) is 7.78. The van der Waals surface area contributed by atoms with Crippen molar-refractivity contribution in [3.63, 3.8) is 0 Å². The second kappa shape index (κ2) is 7.47. The lowest BCUT2D eigenvalue weighted by Crippen LogP contribution is -2.54. The van der Waals surface area contributed by atoms with E-state index in [1.54, 1.807) is 0 Å². The summed E-state index contributed by atoms with van der Waals surface area (Å²) in [7, 11) is 0. The molecule has 0 aliphatic carbocycles. The molecule has 0 spiro atoms. The van der Waals surface area contributed by atoms with Crippen molar-refractivity contribution < 1.29 is 9.59 Å². The number of thioether (sulfide) groups is 1. The summed E-state index contributed by atoms with van der Waals surface area (Å²) in [5.41, 5.74) is 1.22. The maximum absolute atomic E-state index is 12.6. The monoisotopic (exact) mass is 347 g/mol. The zero-order valence-electron chi connectivity index (χ0n) is 14.3. The third-order valence-corrected chi connectivity index (χ3v) is 5.75. The molecule has 0 aromatic heterocycles. The molecule has 130 valence electrons. The molecule has 0 saturated carbocycles. The van der Waals surface area contributed by atoms with Crippen LogP contribution in [0.1, 0.15) is 31.9 Å². The van der Waals surface area contributed by atoms with Crippen molar-refractivity contribution in [3.05, 3.63) is 29.8 Å². The number of urea groups is 1. The Morgan fingerprint density at radius 3 is 2.50 bits per heavy atom. The molecule has 24 heavy (non-hydrogen) atoms. The predicted molar refractivity (Wildman–Crippen MR) is 96.0 cm³/mol. The van der Waals surface area contributed by atoms with Gasteiger partial charge in [0.25, 0.3) is 0 Å². The van der Waals surface area contributed by atoms with E-state index in [0.29, 0.717) is 26.2 Å². The van der Waals surface area contributed by atoms with Crippen LogP contribution in [0.5, 0.6) is 0 Å². The third-order valence-electron chi connectivity index (χ3n) is 4.63. The van der Waals surface area contributed by atoms with Crippen LogP contribution in [-0.2, 0) is 4.79 Å². The number of benzene rings is 1. The molecule has 5 nitrogen and oxygen atoms in total. The highest BCUT2D eigenvalue weighted by molar-refractivity contribution is 7.99. The van der Waals surface area contributed by atoms with E-state index < -0.39 is 0 Å². The van der Waals surface area contributed by atoms with Gasteiger partial charge in [-0.15, -0.1) is 11.8 Å². The first-order valence-corrected chi connectivity index (χ1v) is 9.61. The molecule has 0 radical (unpaired) electrons. The zero-order chi connectivity index (χ0) is 17.1. The molecule has 3 rings (SSSR count). The van der Waals surface area contributed by atoms with Crippen LogP contribution in [0.3, 0.4) is 0 Å². The fourth-order valence-electron chi connectivity index (χ4n) is 3.23. The van der Waals surface area contributed by atoms with Crippen molar-refractivity contribution in [1.82, 2.24) is 15.1 Å². The van der Waals surface area contributed by atoms with Gasteiger partial charge in [0.15, 0.2) is 0 Å². The van der Waals surface area contributed by atoms with E-state index in [2.05, 4.69) is 17.4 Å². The zero-order valence-corrected chi connectivity index (χ0v) is 15.1. The van der Waals surface area contributed by atoms with Gasteiger partial charge in [0.05, 0.1) is 6.04 Å². The van der Waals surface area contributed by atoms with Crippen LogP contribution < -0.4 is 5.32 Å². The highest BCUT2D eigenvalue weighted by Crippen LogP contribution is 2.35. The summed E-state index contributed by atoms with van der Waals surface area (Å²) in [6.45, 7) is 6.30. The molecule has 1 aromatic rings. The number of nitrogens with zero attached hydrogens (tertiary/aromatic N) is 2. The number of carbonyl (C=O) groups is 2. The number of hydrogen-bond acceptors (Lipinski definition) is 3. The Bertz CT molecular complexity index is 612. The van der Waals surface area contributed by atoms with Crippen molar-refractivity contribution in [2.75, 3.05) is 31.9 Å². The minimum Gasteiger partial charge on any atom is -0.339 e. The highest BCUT2D eigenvalue weighted by Gasteiger charge is 2.28. The maximum Gasteiger partial charge on any atom is 0.318 e. The van der Waals surface area contributed by atoms with Gasteiger partial charge >= 0.3 is 6.03 Å². The quantitative estimate of drug-likeness (QED) is 0.895. The topological polar surface area (TPSA) is 52.7 Å². The Balaban J connectivity index is 1.57. The van der Waals surface area contributed by atoms with Crippen LogP contribution in [-0.4, -0.2) is 53.7 Å². The molecule has 1 N–H and O–H groups in total. The van der Waals surface area contributed by atoms with E-state index in [0.717, 1.165) is 12.2 Å². The van der Waals surface area contributed by atoms with E-state index >= 15 is 0 Å². The summed E-state index contributed by atoms with van der Waals surface area (Å²) in [6, 6.07) is 8.37. The first-order valence-electron chi connectivity index (χ1n) is 8.62. The Morgan fingerprint density at radius 1 is 1.12 bits per heavy atom. The lowest BCUT2D eigenvalue weighted by molar-refractivity contribution is -0.135. The molecule has 2 aliphatic rings. The second-order valence-electron chi connectivity index (χ2n) is 6.64. The molecule has 3 amide bonds. The Hall–Kier alpha value is -1.69. The Morgan fingerprint density at radius 2 is 1.79 bits per heavy atom. The fourth-order valence-corrected chi connectivity index (χ4v) is 4.35. The molecule has 1 aromatic carbocycles. The summed E-state index contributed by atoms with van der Waals surface area (Å²) in [4.78, 5) is 29.6. The summed E-state index contributed by atoms with van der Waals surface area (Å²) in [5, 5.41) is 3.18. The van der Waals surface area contributed by atoms with Crippen LogP contribution in [0.25, 0.3) is 0 Å². The van der Waals surface area contributed by atoms with Gasteiger partial charge in [-0.25, -0.2) is 4.79 Å². The SMILES string of the molecule is CC(C)C(=O)N1CCN(C(=O)NC2CCSc3ccccc32)CC1. The first kappa shape index (κ1) is 17.1. The molecule has 0 bridgehead atoms. The van der Waals surface area contributed by atoms with Crippen molar-refractivity contribution in [2.45, 2.75) is 31.2 Å². The third kappa shape index (κ3) is 3.69. The molecular weight excluding hydrogens is 322 g/mol. The number of amides is 3. The average Bonchev–Trinajstić information content (AvgIpc) is 2.61. The van der Waals surface area contributed by atoms with Crippen LogP contribution in [0.2, 0.25) is 0 Å². The summed E-state index contributed by atoms with van der Waals surface area (Å²) in [5.74, 6) is 1.22. The van der Waals surface area contributed by atoms with E-state index in [4.69, 9.17) is 0 Å². The lowest BCUT2D eigenvalue weighted by atomic mass is 10.0.